The van der Waals surface area contributed by atoms with E-state index in [1.54, 1.807) is 31.2 Å². The molecule has 0 aliphatic carbocycles. The highest BCUT2D eigenvalue weighted by atomic mass is 32.1. The quantitative estimate of drug-likeness (QED) is 0.844. The number of aromatic nitrogens is 1. The minimum atomic E-state index is -0.422. The lowest BCUT2D eigenvalue weighted by Crippen LogP contribution is -2.11. The van der Waals surface area contributed by atoms with Crippen molar-refractivity contribution in [1.82, 2.24) is 4.98 Å². The standard InChI is InChI=1S/C13H13N3O3S/c1-7-10(20-13(14)15-7)11(17)16-9-5-3-8(4-6-9)12(18)19-2/h3-6H,1-2H3,(H2,14,15)(H,16,17). The Morgan fingerprint density at radius 1 is 1.30 bits per heavy atom. The number of thiazole rings is 1. The molecule has 1 heterocycles. The highest BCUT2D eigenvalue weighted by Gasteiger charge is 2.14. The molecule has 2 aromatic rings. The maximum atomic E-state index is 12.0. The van der Waals surface area contributed by atoms with Crippen molar-refractivity contribution >= 4 is 34.0 Å². The summed E-state index contributed by atoms with van der Waals surface area (Å²) in [6.45, 7) is 1.72. The number of benzene rings is 1. The van der Waals surface area contributed by atoms with Crippen LogP contribution in [0.4, 0.5) is 10.8 Å². The molecule has 0 radical (unpaired) electrons. The van der Waals surface area contributed by atoms with Crippen LogP contribution in [0, 0.1) is 6.92 Å². The van der Waals surface area contributed by atoms with Gasteiger partial charge in [-0.3, -0.25) is 4.79 Å². The van der Waals surface area contributed by atoms with Crippen LogP contribution in [0.5, 0.6) is 0 Å². The van der Waals surface area contributed by atoms with E-state index in [4.69, 9.17) is 5.73 Å². The molecule has 1 amide bonds. The van der Waals surface area contributed by atoms with Crippen LogP contribution in [-0.2, 0) is 4.74 Å². The minimum absolute atomic E-state index is 0.275. The average molecular weight is 291 g/mol. The Hall–Kier alpha value is -2.41. The lowest BCUT2D eigenvalue weighted by atomic mass is 10.2. The van der Waals surface area contributed by atoms with Gasteiger partial charge >= 0.3 is 5.97 Å². The number of nitrogens with one attached hydrogen (secondary N) is 1. The van der Waals surface area contributed by atoms with Gasteiger partial charge < -0.3 is 15.8 Å². The topological polar surface area (TPSA) is 94.3 Å². The molecule has 0 aliphatic heterocycles. The molecule has 1 aromatic heterocycles. The SMILES string of the molecule is COC(=O)c1ccc(NC(=O)c2sc(N)nc2C)cc1. The van der Waals surface area contributed by atoms with Crippen molar-refractivity contribution in [2.45, 2.75) is 6.92 Å². The number of hydrogen-bond acceptors (Lipinski definition) is 6. The summed E-state index contributed by atoms with van der Waals surface area (Å²) in [5, 5.41) is 3.08. The number of carbonyl (C=O) groups is 2. The van der Waals surface area contributed by atoms with Gasteiger partial charge in [-0.05, 0) is 31.2 Å². The smallest absolute Gasteiger partial charge is 0.337 e. The lowest BCUT2D eigenvalue weighted by molar-refractivity contribution is 0.0600. The molecule has 20 heavy (non-hydrogen) atoms. The first kappa shape index (κ1) is 14.0. The summed E-state index contributed by atoms with van der Waals surface area (Å²) in [5.74, 6) is -0.698. The summed E-state index contributed by atoms with van der Waals surface area (Å²) in [5.41, 5.74) is 7.15. The van der Waals surface area contributed by atoms with Gasteiger partial charge in [0, 0.05) is 5.69 Å². The van der Waals surface area contributed by atoms with E-state index in [0.29, 0.717) is 27.0 Å². The van der Waals surface area contributed by atoms with Crippen LogP contribution in [0.3, 0.4) is 0 Å². The van der Waals surface area contributed by atoms with E-state index in [9.17, 15) is 9.59 Å². The fraction of sp³-hybridized carbons (Fsp3) is 0.154. The first-order valence-corrected chi connectivity index (χ1v) is 6.55. The van der Waals surface area contributed by atoms with Crippen molar-refractivity contribution in [3.63, 3.8) is 0 Å². The molecule has 104 valence electrons. The zero-order chi connectivity index (χ0) is 14.7. The van der Waals surface area contributed by atoms with Gasteiger partial charge in [0.1, 0.15) is 4.88 Å². The second-order valence-electron chi connectivity index (χ2n) is 3.99. The molecule has 2 rings (SSSR count). The predicted octanol–water partition coefficient (Wildman–Crippen LogP) is 2.07. The normalized spacial score (nSPS) is 10.1. The van der Waals surface area contributed by atoms with E-state index in [-0.39, 0.29) is 5.91 Å². The van der Waals surface area contributed by atoms with Crippen LogP contribution in [0.1, 0.15) is 25.7 Å². The van der Waals surface area contributed by atoms with Crippen molar-refractivity contribution in [1.29, 1.82) is 0 Å². The molecule has 0 unspecified atom stereocenters. The molecular weight excluding hydrogens is 278 g/mol. The molecule has 3 N–H and O–H groups in total. The van der Waals surface area contributed by atoms with Crippen LogP contribution in [-0.4, -0.2) is 24.0 Å². The number of nitrogens with two attached hydrogens (primary N) is 1. The molecule has 0 bridgehead atoms. The maximum absolute atomic E-state index is 12.0. The van der Waals surface area contributed by atoms with Gasteiger partial charge in [0.25, 0.3) is 5.91 Å². The van der Waals surface area contributed by atoms with E-state index < -0.39 is 5.97 Å². The molecule has 0 spiro atoms. The highest BCUT2D eigenvalue weighted by Crippen LogP contribution is 2.21. The first-order chi connectivity index (χ1) is 9.51. The average Bonchev–Trinajstić information content (AvgIpc) is 2.78. The number of methoxy groups -OCH3 is 1. The number of nitrogen functional groups attached to an aromatic ring is 1. The fourth-order valence-corrected chi connectivity index (χ4v) is 2.35. The number of nitrogens with zero attached hydrogens (tertiary/aromatic N) is 1. The number of anilines is 2. The zero-order valence-corrected chi connectivity index (χ0v) is 11.8. The largest absolute Gasteiger partial charge is 0.465 e. The monoisotopic (exact) mass is 291 g/mol. The highest BCUT2D eigenvalue weighted by molar-refractivity contribution is 7.17. The molecule has 0 atom stereocenters. The summed E-state index contributed by atoms with van der Waals surface area (Å²) < 4.78 is 4.60. The van der Waals surface area contributed by atoms with Crippen molar-refractivity contribution in [2.24, 2.45) is 0 Å². The Bertz CT molecular complexity index is 649. The maximum Gasteiger partial charge on any atom is 0.337 e. The van der Waals surface area contributed by atoms with Crippen LogP contribution in [0.25, 0.3) is 0 Å². The van der Waals surface area contributed by atoms with Crippen molar-refractivity contribution in [3.05, 3.63) is 40.4 Å². The van der Waals surface area contributed by atoms with E-state index >= 15 is 0 Å². The Labute approximate surface area is 119 Å². The Balaban J connectivity index is 2.12. The number of carbonyl (C=O) groups excluding carboxylic acids is 2. The van der Waals surface area contributed by atoms with Crippen LogP contribution in [0.2, 0.25) is 0 Å². The predicted molar refractivity (Wildman–Crippen MR) is 77.0 cm³/mol. The van der Waals surface area contributed by atoms with E-state index in [1.165, 1.54) is 7.11 Å². The van der Waals surface area contributed by atoms with Crippen LogP contribution in [0.15, 0.2) is 24.3 Å². The summed E-state index contributed by atoms with van der Waals surface area (Å²) in [7, 11) is 1.31. The number of amides is 1. The summed E-state index contributed by atoms with van der Waals surface area (Å²) in [6, 6.07) is 6.42. The molecule has 0 aliphatic rings. The van der Waals surface area contributed by atoms with E-state index in [0.717, 1.165) is 11.3 Å². The summed E-state index contributed by atoms with van der Waals surface area (Å²) in [4.78, 5) is 27.8. The zero-order valence-electron chi connectivity index (χ0n) is 11.0. The lowest BCUT2D eigenvalue weighted by Gasteiger charge is -2.05. The van der Waals surface area contributed by atoms with E-state index in [1.807, 2.05) is 0 Å². The van der Waals surface area contributed by atoms with Gasteiger partial charge in [-0.2, -0.15) is 0 Å². The molecule has 6 nitrogen and oxygen atoms in total. The van der Waals surface area contributed by atoms with Crippen molar-refractivity contribution in [3.8, 4) is 0 Å². The summed E-state index contributed by atoms with van der Waals surface area (Å²) >= 11 is 1.13. The summed E-state index contributed by atoms with van der Waals surface area (Å²) in [6.07, 6.45) is 0. The Morgan fingerprint density at radius 2 is 1.95 bits per heavy atom. The van der Waals surface area contributed by atoms with Crippen molar-refractivity contribution in [2.75, 3.05) is 18.2 Å². The second kappa shape index (κ2) is 5.70. The Morgan fingerprint density at radius 3 is 2.45 bits per heavy atom. The van der Waals surface area contributed by atoms with Crippen LogP contribution < -0.4 is 11.1 Å². The van der Waals surface area contributed by atoms with Crippen LogP contribution >= 0.6 is 11.3 Å². The molecular formula is C13H13N3O3S. The molecule has 0 saturated carbocycles. The fourth-order valence-electron chi connectivity index (χ4n) is 1.62. The molecule has 0 saturated heterocycles. The first-order valence-electron chi connectivity index (χ1n) is 5.74. The molecule has 7 heteroatoms. The van der Waals surface area contributed by atoms with Gasteiger partial charge in [-0.1, -0.05) is 11.3 Å². The number of rotatable bonds is 3. The Kier molecular flexibility index (Phi) is 3.99. The third-order valence-electron chi connectivity index (χ3n) is 2.58. The molecule has 0 fully saturated rings. The minimum Gasteiger partial charge on any atom is -0.465 e. The van der Waals surface area contributed by atoms with Gasteiger partial charge in [-0.15, -0.1) is 0 Å². The number of hydrogen-bond donors (Lipinski definition) is 2. The van der Waals surface area contributed by atoms with Gasteiger partial charge in [0.2, 0.25) is 0 Å². The van der Waals surface area contributed by atoms with Gasteiger partial charge in [0.15, 0.2) is 5.13 Å². The van der Waals surface area contributed by atoms with Crippen molar-refractivity contribution < 1.29 is 14.3 Å². The number of aryl methyl sites for hydroxylation is 1. The van der Waals surface area contributed by atoms with E-state index in [2.05, 4.69) is 15.0 Å². The number of esters is 1. The van der Waals surface area contributed by atoms with Gasteiger partial charge in [0.05, 0.1) is 18.4 Å². The molecule has 1 aromatic carbocycles. The number of ether oxygens (including phenoxy) is 1. The third-order valence-corrected chi connectivity index (χ3v) is 3.57. The second-order valence-corrected chi connectivity index (χ2v) is 5.02. The van der Waals surface area contributed by atoms with Gasteiger partial charge in [-0.25, -0.2) is 9.78 Å². The third kappa shape index (κ3) is 2.94.